The fraction of sp³-hybridized carbons (Fsp3) is 0.150. The van der Waals surface area contributed by atoms with Crippen molar-refractivity contribution in [3.05, 3.63) is 77.1 Å². The second-order valence-corrected chi connectivity index (χ2v) is 5.63. The van der Waals surface area contributed by atoms with Gasteiger partial charge in [0.05, 0.1) is 24.0 Å². The molecule has 0 radical (unpaired) electrons. The molecule has 0 saturated carbocycles. The van der Waals surface area contributed by atoms with Crippen LogP contribution in [0.1, 0.15) is 34.1 Å². The summed E-state index contributed by atoms with van der Waals surface area (Å²) in [6.45, 7) is 3.86. The number of amides is 1. The number of carbonyl (C=O) groups is 2. The Labute approximate surface area is 151 Å². The minimum Gasteiger partial charge on any atom is -0.449 e. The van der Waals surface area contributed by atoms with Crippen LogP contribution in [-0.4, -0.2) is 29.1 Å². The van der Waals surface area contributed by atoms with Crippen LogP contribution < -0.4 is 5.43 Å². The zero-order valence-corrected chi connectivity index (χ0v) is 14.6. The molecule has 0 saturated heterocycles. The zero-order chi connectivity index (χ0) is 18.5. The Hall–Kier alpha value is -3.41. The Morgan fingerprint density at radius 2 is 1.88 bits per heavy atom. The first kappa shape index (κ1) is 17.4. The average molecular weight is 349 g/mol. The number of hydrogen-bond donors (Lipinski definition) is 1. The minimum absolute atomic E-state index is 0.0673. The van der Waals surface area contributed by atoms with Gasteiger partial charge >= 0.3 is 6.09 Å². The predicted molar refractivity (Wildman–Crippen MR) is 99.8 cm³/mol. The lowest BCUT2D eigenvalue weighted by Crippen LogP contribution is -2.18. The second kappa shape index (κ2) is 7.65. The summed E-state index contributed by atoms with van der Waals surface area (Å²) in [6, 6.07) is 14.8. The number of carbonyl (C=O) groups excluding carboxylic acids is 2. The molecule has 0 aliphatic rings. The van der Waals surface area contributed by atoms with E-state index in [4.69, 9.17) is 4.74 Å². The lowest BCUT2D eigenvalue weighted by atomic mass is 10.0. The van der Waals surface area contributed by atoms with Crippen LogP contribution in [-0.2, 0) is 4.74 Å². The third-order valence-corrected chi connectivity index (χ3v) is 4.01. The normalized spacial score (nSPS) is 11.0. The monoisotopic (exact) mass is 349 g/mol. The van der Waals surface area contributed by atoms with Crippen molar-refractivity contribution < 1.29 is 14.3 Å². The van der Waals surface area contributed by atoms with Crippen LogP contribution >= 0.6 is 0 Å². The highest BCUT2D eigenvalue weighted by atomic mass is 16.5. The Kier molecular flexibility index (Phi) is 5.12. The molecule has 26 heavy (non-hydrogen) atoms. The van der Waals surface area contributed by atoms with E-state index in [-0.39, 0.29) is 12.4 Å². The van der Waals surface area contributed by atoms with Gasteiger partial charge in [0.1, 0.15) is 0 Å². The number of ether oxygens (including phenoxy) is 1. The first-order valence-electron chi connectivity index (χ1n) is 8.28. The van der Waals surface area contributed by atoms with E-state index in [2.05, 4.69) is 10.5 Å². The zero-order valence-electron chi connectivity index (χ0n) is 14.6. The van der Waals surface area contributed by atoms with Gasteiger partial charge in [0.15, 0.2) is 0 Å². The van der Waals surface area contributed by atoms with E-state index < -0.39 is 6.09 Å². The molecule has 132 valence electrons. The topological polar surface area (TPSA) is 72.2 Å². The molecular formula is C20H19N3O3. The fourth-order valence-electron chi connectivity index (χ4n) is 2.84. The number of ketones is 1. The summed E-state index contributed by atoms with van der Waals surface area (Å²) in [5.74, 6) is -0.0673. The van der Waals surface area contributed by atoms with Gasteiger partial charge in [-0.15, -0.1) is 0 Å². The van der Waals surface area contributed by atoms with E-state index in [0.29, 0.717) is 11.3 Å². The molecule has 3 aromatic rings. The van der Waals surface area contributed by atoms with Crippen LogP contribution in [0.25, 0.3) is 5.52 Å². The molecule has 2 heterocycles. The van der Waals surface area contributed by atoms with Crippen molar-refractivity contribution >= 4 is 23.6 Å². The molecule has 0 unspecified atom stereocenters. The summed E-state index contributed by atoms with van der Waals surface area (Å²) < 4.78 is 6.62. The molecule has 2 aromatic heterocycles. The third-order valence-electron chi connectivity index (χ3n) is 4.01. The van der Waals surface area contributed by atoms with E-state index in [0.717, 1.165) is 16.6 Å². The minimum atomic E-state index is -0.620. The average Bonchev–Trinajstić information content (AvgIpc) is 2.94. The van der Waals surface area contributed by atoms with Crippen LogP contribution in [0.2, 0.25) is 0 Å². The SMILES string of the molecule is CCOC(=O)N/N=C\c1c(C)c(C(=O)c2ccccc2)n2ccccc12. The van der Waals surface area contributed by atoms with Gasteiger partial charge in [-0.1, -0.05) is 36.4 Å². The summed E-state index contributed by atoms with van der Waals surface area (Å²) >= 11 is 0. The maximum absolute atomic E-state index is 13.0. The molecule has 6 nitrogen and oxygen atoms in total. The molecule has 0 spiro atoms. The Balaban J connectivity index is 2.03. The predicted octanol–water partition coefficient (Wildman–Crippen LogP) is 3.56. The Morgan fingerprint density at radius 1 is 1.15 bits per heavy atom. The van der Waals surface area contributed by atoms with Crippen LogP contribution in [0, 0.1) is 6.92 Å². The smallest absolute Gasteiger partial charge is 0.427 e. The molecule has 0 bridgehead atoms. The quantitative estimate of drug-likeness (QED) is 0.435. The van der Waals surface area contributed by atoms with E-state index in [1.807, 2.05) is 53.9 Å². The number of hydrogen-bond acceptors (Lipinski definition) is 4. The van der Waals surface area contributed by atoms with Crippen molar-refractivity contribution in [2.45, 2.75) is 13.8 Å². The van der Waals surface area contributed by atoms with Crippen molar-refractivity contribution in [2.75, 3.05) is 6.61 Å². The number of fused-ring (bicyclic) bond motifs is 1. The molecular weight excluding hydrogens is 330 g/mol. The number of hydrazone groups is 1. The van der Waals surface area contributed by atoms with Crippen molar-refractivity contribution in [2.24, 2.45) is 5.10 Å². The van der Waals surface area contributed by atoms with Crippen molar-refractivity contribution in [1.82, 2.24) is 9.83 Å². The largest absolute Gasteiger partial charge is 0.449 e. The second-order valence-electron chi connectivity index (χ2n) is 5.63. The van der Waals surface area contributed by atoms with Crippen molar-refractivity contribution in [3.8, 4) is 0 Å². The number of nitrogens with zero attached hydrogens (tertiary/aromatic N) is 2. The highest BCUT2D eigenvalue weighted by molar-refractivity contribution is 6.11. The molecule has 6 heteroatoms. The van der Waals surface area contributed by atoms with Gasteiger partial charge in [-0.3, -0.25) is 4.79 Å². The first-order chi connectivity index (χ1) is 12.6. The van der Waals surface area contributed by atoms with E-state index in [1.165, 1.54) is 6.21 Å². The number of rotatable bonds is 5. The molecule has 0 fully saturated rings. The summed E-state index contributed by atoms with van der Waals surface area (Å²) in [5, 5.41) is 3.94. The summed E-state index contributed by atoms with van der Waals surface area (Å²) in [4.78, 5) is 24.4. The molecule has 1 amide bonds. The lowest BCUT2D eigenvalue weighted by molar-refractivity contribution is 0.103. The molecule has 3 rings (SSSR count). The summed E-state index contributed by atoms with van der Waals surface area (Å²) in [5.41, 5.74) is 5.89. The Bertz CT molecular complexity index is 975. The molecule has 0 aliphatic heterocycles. The summed E-state index contributed by atoms with van der Waals surface area (Å²) in [6.07, 6.45) is 2.75. The van der Waals surface area contributed by atoms with Crippen LogP contribution in [0.5, 0.6) is 0 Å². The highest BCUT2D eigenvalue weighted by Gasteiger charge is 2.20. The standard InChI is InChI=1S/C20H19N3O3/c1-3-26-20(25)22-21-13-16-14(2)18(23-12-8-7-11-17(16)23)19(24)15-9-5-4-6-10-15/h4-13H,3H2,1-2H3,(H,22,25)/b21-13-. The lowest BCUT2D eigenvalue weighted by Gasteiger charge is -2.03. The van der Waals surface area contributed by atoms with Gasteiger partial charge in [0.25, 0.3) is 0 Å². The van der Waals surface area contributed by atoms with Crippen LogP contribution in [0.4, 0.5) is 4.79 Å². The van der Waals surface area contributed by atoms with Crippen LogP contribution in [0.3, 0.4) is 0 Å². The van der Waals surface area contributed by atoms with Gasteiger partial charge in [-0.25, -0.2) is 10.2 Å². The maximum Gasteiger partial charge on any atom is 0.427 e. The number of aromatic nitrogens is 1. The molecule has 1 aromatic carbocycles. The van der Waals surface area contributed by atoms with E-state index >= 15 is 0 Å². The van der Waals surface area contributed by atoms with Gasteiger partial charge in [-0.2, -0.15) is 5.10 Å². The summed E-state index contributed by atoms with van der Waals surface area (Å²) in [7, 11) is 0. The molecule has 0 atom stereocenters. The van der Waals surface area contributed by atoms with Crippen LogP contribution in [0.15, 0.2) is 59.8 Å². The van der Waals surface area contributed by atoms with Crippen molar-refractivity contribution in [3.63, 3.8) is 0 Å². The van der Waals surface area contributed by atoms with Gasteiger partial charge < -0.3 is 9.14 Å². The van der Waals surface area contributed by atoms with E-state index in [9.17, 15) is 9.59 Å². The molecule has 1 N–H and O–H groups in total. The van der Waals surface area contributed by atoms with Crippen molar-refractivity contribution in [1.29, 1.82) is 0 Å². The molecule has 0 aliphatic carbocycles. The number of nitrogens with one attached hydrogen (secondary N) is 1. The maximum atomic E-state index is 13.0. The third kappa shape index (κ3) is 3.35. The fourth-order valence-corrected chi connectivity index (χ4v) is 2.84. The first-order valence-corrected chi connectivity index (χ1v) is 8.28. The number of pyridine rings is 1. The van der Waals surface area contributed by atoms with Gasteiger partial charge in [0, 0.05) is 17.3 Å². The highest BCUT2D eigenvalue weighted by Crippen LogP contribution is 2.24. The van der Waals surface area contributed by atoms with E-state index in [1.54, 1.807) is 19.1 Å². The number of benzene rings is 1. The van der Waals surface area contributed by atoms with Gasteiger partial charge in [-0.05, 0) is 31.5 Å². The Morgan fingerprint density at radius 3 is 2.62 bits per heavy atom. The van der Waals surface area contributed by atoms with Gasteiger partial charge in [0.2, 0.25) is 5.78 Å².